The van der Waals surface area contributed by atoms with Crippen molar-refractivity contribution < 1.29 is 13.2 Å². The number of sulfonamides is 1. The molecular formula is C19H22N2O3S. The smallest absolute Gasteiger partial charge is 0.262 e. The number of nitrogens with zero attached hydrogens (tertiary/aromatic N) is 1. The predicted octanol–water partition coefficient (Wildman–Crippen LogP) is 3.40. The van der Waals surface area contributed by atoms with Crippen LogP contribution in [0.1, 0.15) is 30.0 Å². The van der Waals surface area contributed by atoms with Gasteiger partial charge in [0.2, 0.25) is 5.91 Å². The molecule has 0 atom stereocenters. The van der Waals surface area contributed by atoms with Gasteiger partial charge in [0, 0.05) is 24.8 Å². The van der Waals surface area contributed by atoms with E-state index >= 15 is 0 Å². The molecule has 0 aliphatic carbocycles. The first kappa shape index (κ1) is 17.5. The standard InChI is InChI=1S/C19H22N2O3S/c1-13-6-4-8-19(14(13)2)25(23,24)20-17-9-10-18-16(12-17)7-5-11-21(18)15(3)22/h4,6,8-10,12,20H,5,7,11H2,1-3H3. The highest BCUT2D eigenvalue weighted by Crippen LogP contribution is 2.31. The molecule has 132 valence electrons. The van der Waals surface area contributed by atoms with Gasteiger partial charge in [-0.3, -0.25) is 9.52 Å². The van der Waals surface area contributed by atoms with E-state index < -0.39 is 10.0 Å². The normalized spacial score (nSPS) is 14.1. The molecule has 6 heteroatoms. The molecule has 2 aromatic rings. The van der Waals surface area contributed by atoms with Crippen LogP contribution < -0.4 is 9.62 Å². The van der Waals surface area contributed by atoms with Crippen LogP contribution in [0.2, 0.25) is 0 Å². The van der Waals surface area contributed by atoms with Gasteiger partial charge in [-0.2, -0.15) is 0 Å². The summed E-state index contributed by atoms with van der Waals surface area (Å²) in [6.07, 6.45) is 1.71. The summed E-state index contributed by atoms with van der Waals surface area (Å²) in [5.41, 5.74) is 4.06. The first-order valence-electron chi connectivity index (χ1n) is 8.29. The van der Waals surface area contributed by atoms with Crippen LogP contribution in [0, 0.1) is 13.8 Å². The van der Waals surface area contributed by atoms with E-state index in [2.05, 4.69) is 4.72 Å². The van der Waals surface area contributed by atoms with Crippen LogP contribution in [0.25, 0.3) is 0 Å². The third-order valence-corrected chi connectivity index (χ3v) is 6.20. The highest BCUT2D eigenvalue weighted by atomic mass is 32.2. The summed E-state index contributed by atoms with van der Waals surface area (Å²) in [5.74, 6) is 0.00432. The minimum atomic E-state index is -3.65. The van der Waals surface area contributed by atoms with Gasteiger partial charge in [0.15, 0.2) is 0 Å². The Bertz CT molecular complexity index is 936. The second-order valence-corrected chi connectivity index (χ2v) is 8.07. The third-order valence-electron chi connectivity index (χ3n) is 4.67. The molecule has 1 N–H and O–H groups in total. The van der Waals surface area contributed by atoms with Crippen LogP contribution in [0.3, 0.4) is 0 Å². The summed E-state index contributed by atoms with van der Waals surface area (Å²) >= 11 is 0. The average molecular weight is 358 g/mol. The highest BCUT2D eigenvalue weighted by Gasteiger charge is 2.22. The zero-order valence-electron chi connectivity index (χ0n) is 14.7. The summed E-state index contributed by atoms with van der Waals surface area (Å²) in [6, 6.07) is 10.6. The number of carbonyl (C=O) groups excluding carboxylic acids is 1. The Hall–Kier alpha value is -2.34. The monoisotopic (exact) mass is 358 g/mol. The van der Waals surface area contributed by atoms with E-state index in [0.717, 1.165) is 35.2 Å². The quantitative estimate of drug-likeness (QED) is 0.914. The number of fused-ring (bicyclic) bond motifs is 1. The van der Waals surface area contributed by atoms with E-state index in [9.17, 15) is 13.2 Å². The van der Waals surface area contributed by atoms with Crippen molar-refractivity contribution in [1.82, 2.24) is 0 Å². The Morgan fingerprint density at radius 3 is 2.64 bits per heavy atom. The van der Waals surface area contributed by atoms with Gasteiger partial charge < -0.3 is 4.90 Å². The van der Waals surface area contributed by atoms with Gasteiger partial charge in [-0.25, -0.2) is 8.42 Å². The van der Waals surface area contributed by atoms with Gasteiger partial charge in [0.05, 0.1) is 4.90 Å². The number of hydrogen-bond donors (Lipinski definition) is 1. The molecule has 2 aromatic carbocycles. The molecule has 1 aliphatic heterocycles. The Labute approximate surface area is 148 Å². The second-order valence-electron chi connectivity index (χ2n) is 6.42. The molecule has 0 saturated heterocycles. The maximum Gasteiger partial charge on any atom is 0.262 e. The number of amides is 1. The number of hydrogen-bond acceptors (Lipinski definition) is 3. The molecule has 0 radical (unpaired) electrons. The topological polar surface area (TPSA) is 66.5 Å². The first-order valence-corrected chi connectivity index (χ1v) is 9.78. The third kappa shape index (κ3) is 3.39. The van der Waals surface area contributed by atoms with E-state index in [4.69, 9.17) is 0 Å². The molecule has 0 unspecified atom stereocenters. The number of benzene rings is 2. The van der Waals surface area contributed by atoms with Crippen molar-refractivity contribution in [3.05, 3.63) is 53.1 Å². The van der Waals surface area contributed by atoms with Gasteiger partial charge in [0.1, 0.15) is 0 Å². The van der Waals surface area contributed by atoms with E-state index in [0.29, 0.717) is 12.2 Å². The van der Waals surface area contributed by atoms with Crippen molar-refractivity contribution in [3.8, 4) is 0 Å². The summed E-state index contributed by atoms with van der Waals surface area (Å²) in [7, 11) is -3.65. The molecular weight excluding hydrogens is 336 g/mol. The molecule has 1 heterocycles. The van der Waals surface area contributed by atoms with E-state index in [-0.39, 0.29) is 10.8 Å². The van der Waals surface area contributed by atoms with Crippen LogP contribution in [0.15, 0.2) is 41.3 Å². The first-order chi connectivity index (χ1) is 11.8. The maximum absolute atomic E-state index is 12.7. The lowest BCUT2D eigenvalue weighted by Crippen LogP contribution is -2.33. The molecule has 1 aliphatic rings. The Balaban J connectivity index is 1.93. The van der Waals surface area contributed by atoms with Crippen LogP contribution >= 0.6 is 0 Å². The minimum Gasteiger partial charge on any atom is -0.312 e. The van der Waals surface area contributed by atoms with Gasteiger partial charge in [-0.15, -0.1) is 0 Å². The average Bonchev–Trinajstić information content (AvgIpc) is 2.56. The van der Waals surface area contributed by atoms with Crippen molar-refractivity contribution in [3.63, 3.8) is 0 Å². The number of nitrogens with one attached hydrogen (secondary N) is 1. The Morgan fingerprint density at radius 1 is 1.16 bits per heavy atom. The second kappa shape index (κ2) is 6.52. The fourth-order valence-corrected chi connectivity index (χ4v) is 4.58. The van der Waals surface area contributed by atoms with Gasteiger partial charge in [-0.05, 0) is 67.6 Å². The molecule has 0 fully saturated rings. The lowest BCUT2D eigenvalue weighted by Gasteiger charge is -2.29. The van der Waals surface area contributed by atoms with E-state index in [1.807, 2.05) is 32.0 Å². The minimum absolute atomic E-state index is 0.00432. The van der Waals surface area contributed by atoms with Gasteiger partial charge in [0.25, 0.3) is 10.0 Å². The molecule has 0 saturated carbocycles. The Morgan fingerprint density at radius 2 is 1.92 bits per heavy atom. The lowest BCUT2D eigenvalue weighted by molar-refractivity contribution is -0.116. The number of rotatable bonds is 3. The number of carbonyl (C=O) groups is 1. The van der Waals surface area contributed by atoms with Gasteiger partial charge in [-0.1, -0.05) is 12.1 Å². The molecule has 0 bridgehead atoms. The van der Waals surface area contributed by atoms with Crippen molar-refractivity contribution in [2.24, 2.45) is 0 Å². The SMILES string of the molecule is CC(=O)N1CCCc2cc(NS(=O)(=O)c3cccc(C)c3C)ccc21. The van der Waals surface area contributed by atoms with Crippen LogP contribution in [0.5, 0.6) is 0 Å². The molecule has 5 nitrogen and oxygen atoms in total. The predicted molar refractivity (Wildman–Crippen MR) is 99.5 cm³/mol. The van der Waals surface area contributed by atoms with Crippen LogP contribution in [-0.4, -0.2) is 20.9 Å². The van der Waals surface area contributed by atoms with Crippen molar-refractivity contribution >= 4 is 27.3 Å². The van der Waals surface area contributed by atoms with E-state index in [1.165, 1.54) is 0 Å². The largest absolute Gasteiger partial charge is 0.312 e. The molecule has 1 amide bonds. The maximum atomic E-state index is 12.7. The molecule has 0 spiro atoms. The van der Waals surface area contributed by atoms with Crippen molar-refractivity contribution in [2.45, 2.75) is 38.5 Å². The zero-order chi connectivity index (χ0) is 18.2. The lowest BCUT2D eigenvalue weighted by atomic mass is 10.0. The molecule has 3 rings (SSSR count). The summed E-state index contributed by atoms with van der Waals surface area (Å²) in [5, 5.41) is 0. The fourth-order valence-electron chi connectivity index (χ4n) is 3.21. The summed E-state index contributed by atoms with van der Waals surface area (Å²) in [4.78, 5) is 13.8. The van der Waals surface area contributed by atoms with Gasteiger partial charge >= 0.3 is 0 Å². The van der Waals surface area contributed by atoms with Crippen molar-refractivity contribution in [2.75, 3.05) is 16.2 Å². The number of anilines is 2. The van der Waals surface area contributed by atoms with E-state index in [1.54, 1.807) is 30.0 Å². The van der Waals surface area contributed by atoms with Crippen LogP contribution in [0.4, 0.5) is 11.4 Å². The van der Waals surface area contributed by atoms with Crippen molar-refractivity contribution in [1.29, 1.82) is 0 Å². The summed E-state index contributed by atoms with van der Waals surface area (Å²) in [6.45, 7) is 5.95. The fraction of sp³-hybridized carbons (Fsp3) is 0.316. The Kier molecular flexibility index (Phi) is 4.56. The highest BCUT2D eigenvalue weighted by molar-refractivity contribution is 7.92. The summed E-state index contributed by atoms with van der Waals surface area (Å²) < 4.78 is 28.1. The zero-order valence-corrected chi connectivity index (χ0v) is 15.5. The molecule has 0 aromatic heterocycles. The van der Waals surface area contributed by atoms with Crippen LogP contribution in [-0.2, 0) is 21.2 Å². The molecule has 25 heavy (non-hydrogen) atoms. The number of aryl methyl sites for hydroxylation is 2.